The van der Waals surface area contributed by atoms with Crippen LogP contribution in [0, 0.1) is 5.92 Å². The Morgan fingerprint density at radius 1 is 1.30 bits per heavy atom. The minimum atomic E-state index is -0.264. The van der Waals surface area contributed by atoms with Crippen molar-refractivity contribution < 1.29 is 4.79 Å². The number of H-pyrrole nitrogens is 1. The highest BCUT2D eigenvalue weighted by Gasteiger charge is 2.32. The zero-order valence-corrected chi connectivity index (χ0v) is 11.6. The average Bonchev–Trinajstić information content (AvgIpc) is 2.78. The predicted octanol–water partition coefficient (Wildman–Crippen LogP) is 1.79. The molecule has 0 radical (unpaired) electrons. The van der Waals surface area contributed by atoms with Gasteiger partial charge in [0.05, 0.1) is 5.39 Å². The molecule has 1 aliphatic rings. The molecule has 0 spiro atoms. The number of benzene rings is 1. The monoisotopic (exact) mass is 271 g/mol. The van der Waals surface area contributed by atoms with Crippen molar-refractivity contribution in [3.05, 3.63) is 40.3 Å². The van der Waals surface area contributed by atoms with Crippen LogP contribution in [0.1, 0.15) is 30.8 Å². The first-order valence-corrected chi connectivity index (χ1v) is 6.86. The second-order valence-electron chi connectivity index (χ2n) is 5.59. The van der Waals surface area contributed by atoms with Gasteiger partial charge in [0.2, 0.25) is 0 Å². The van der Waals surface area contributed by atoms with E-state index in [9.17, 15) is 9.59 Å². The van der Waals surface area contributed by atoms with Gasteiger partial charge in [-0.25, -0.2) is 5.10 Å². The maximum absolute atomic E-state index is 12.7. The maximum atomic E-state index is 12.7. The minimum Gasteiger partial charge on any atom is -0.334 e. The third-order valence-corrected chi connectivity index (χ3v) is 3.94. The van der Waals surface area contributed by atoms with E-state index in [4.69, 9.17) is 0 Å². The first-order chi connectivity index (χ1) is 9.58. The largest absolute Gasteiger partial charge is 0.334 e. The maximum Gasteiger partial charge on any atom is 0.275 e. The molecule has 2 aromatic rings. The summed E-state index contributed by atoms with van der Waals surface area (Å²) >= 11 is 0. The van der Waals surface area contributed by atoms with E-state index in [1.165, 1.54) is 0 Å². The van der Waals surface area contributed by atoms with Gasteiger partial charge in [0.15, 0.2) is 5.69 Å². The first-order valence-electron chi connectivity index (χ1n) is 6.86. The second kappa shape index (κ2) is 4.74. The molecule has 20 heavy (non-hydrogen) atoms. The molecule has 1 amide bonds. The molecule has 3 rings (SSSR count). The molecule has 1 aromatic heterocycles. The molecule has 5 nitrogen and oxygen atoms in total. The van der Waals surface area contributed by atoms with E-state index < -0.39 is 0 Å². The van der Waals surface area contributed by atoms with Gasteiger partial charge in [-0.05, 0) is 25.3 Å². The summed E-state index contributed by atoms with van der Waals surface area (Å²) in [6.45, 7) is 4.94. The van der Waals surface area contributed by atoms with Crippen molar-refractivity contribution >= 4 is 16.7 Å². The average molecular weight is 271 g/mol. The SMILES string of the molecule is CC1CC(C)N(C(=O)c2n[nH]c(=O)c3ccccc23)C1. The van der Waals surface area contributed by atoms with Gasteiger partial charge >= 0.3 is 0 Å². The van der Waals surface area contributed by atoms with Crippen LogP contribution in [0.2, 0.25) is 0 Å². The number of amides is 1. The van der Waals surface area contributed by atoms with Crippen molar-refractivity contribution in [3.63, 3.8) is 0 Å². The molecule has 0 saturated carbocycles. The minimum absolute atomic E-state index is 0.102. The van der Waals surface area contributed by atoms with Crippen molar-refractivity contribution in [1.82, 2.24) is 15.1 Å². The molecule has 0 aliphatic carbocycles. The lowest BCUT2D eigenvalue weighted by Crippen LogP contribution is -2.35. The van der Waals surface area contributed by atoms with Gasteiger partial charge in [0.1, 0.15) is 0 Å². The number of aromatic amines is 1. The highest BCUT2D eigenvalue weighted by molar-refractivity contribution is 6.04. The molecule has 1 saturated heterocycles. The fourth-order valence-corrected chi connectivity index (χ4v) is 3.00. The van der Waals surface area contributed by atoms with Gasteiger partial charge in [-0.3, -0.25) is 9.59 Å². The molecule has 1 fully saturated rings. The molecule has 104 valence electrons. The fraction of sp³-hybridized carbons (Fsp3) is 0.400. The van der Waals surface area contributed by atoms with Crippen molar-refractivity contribution in [3.8, 4) is 0 Å². The van der Waals surface area contributed by atoms with Crippen LogP contribution in [0.15, 0.2) is 29.1 Å². The number of rotatable bonds is 1. The van der Waals surface area contributed by atoms with Crippen LogP contribution in [0.4, 0.5) is 0 Å². The molecule has 2 atom stereocenters. The number of likely N-dealkylation sites (tertiary alicyclic amines) is 1. The summed E-state index contributed by atoms with van der Waals surface area (Å²) in [5.74, 6) is 0.400. The smallest absolute Gasteiger partial charge is 0.275 e. The van der Waals surface area contributed by atoms with E-state index in [0.29, 0.717) is 22.4 Å². The van der Waals surface area contributed by atoms with E-state index in [0.717, 1.165) is 13.0 Å². The van der Waals surface area contributed by atoms with E-state index in [1.807, 2.05) is 11.0 Å². The summed E-state index contributed by atoms with van der Waals surface area (Å²) in [7, 11) is 0. The number of nitrogens with zero attached hydrogens (tertiary/aromatic N) is 2. The van der Waals surface area contributed by atoms with E-state index >= 15 is 0 Å². The molecule has 5 heteroatoms. The normalized spacial score (nSPS) is 22.4. The van der Waals surface area contributed by atoms with Crippen LogP contribution in [-0.2, 0) is 0 Å². The number of hydrogen-bond donors (Lipinski definition) is 1. The summed E-state index contributed by atoms with van der Waals surface area (Å²) < 4.78 is 0. The molecule has 2 heterocycles. The van der Waals surface area contributed by atoms with Gasteiger partial charge in [-0.1, -0.05) is 25.1 Å². The van der Waals surface area contributed by atoms with Gasteiger partial charge < -0.3 is 4.90 Å². The lowest BCUT2D eigenvalue weighted by Gasteiger charge is -2.21. The van der Waals surface area contributed by atoms with E-state index in [1.54, 1.807) is 18.2 Å². The molecular weight excluding hydrogens is 254 g/mol. The van der Waals surface area contributed by atoms with Gasteiger partial charge in [-0.15, -0.1) is 0 Å². The topological polar surface area (TPSA) is 66.1 Å². The van der Waals surface area contributed by atoms with Gasteiger partial charge in [-0.2, -0.15) is 5.10 Å². The lowest BCUT2D eigenvalue weighted by molar-refractivity contribution is 0.0739. The van der Waals surface area contributed by atoms with Gasteiger partial charge in [0.25, 0.3) is 11.5 Å². The summed E-state index contributed by atoms with van der Waals surface area (Å²) in [6, 6.07) is 7.30. The Balaban J connectivity index is 2.09. The Kier molecular flexibility index (Phi) is 3.04. The zero-order chi connectivity index (χ0) is 14.3. The third-order valence-electron chi connectivity index (χ3n) is 3.94. The van der Waals surface area contributed by atoms with E-state index in [2.05, 4.69) is 24.0 Å². The molecule has 1 N–H and O–H groups in total. The van der Waals surface area contributed by atoms with E-state index in [-0.39, 0.29) is 17.5 Å². The summed E-state index contributed by atoms with van der Waals surface area (Å²) in [5.41, 5.74) is 0.0705. The predicted molar refractivity (Wildman–Crippen MR) is 76.6 cm³/mol. The fourth-order valence-electron chi connectivity index (χ4n) is 3.00. The number of fused-ring (bicyclic) bond motifs is 1. The molecule has 1 aliphatic heterocycles. The van der Waals surface area contributed by atoms with Crippen LogP contribution < -0.4 is 5.56 Å². The lowest BCUT2D eigenvalue weighted by atomic mass is 10.1. The summed E-state index contributed by atoms with van der Waals surface area (Å²) in [6.07, 6.45) is 1.01. The Morgan fingerprint density at radius 2 is 2.00 bits per heavy atom. The van der Waals surface area contributed by atoms with Crippen molar-refractivity contribution in [1.29, 1.82) is 0 Å². The number of carbonyl (C=O) groups excluding carboxylic acids is 1. The molecule has 2 unspecified atom stereocenters. The molecule has 0 bridgehead atoms. The molecule has 1 aromatic carbocycles. The van der Waals surface area contributed by atoms with Crippen molar-refractivity contribution in [2.75, 3.05) is 6.54 Å². The first kappa shape index (κ1) is 12.8. The third kappa shape index (κ3) is 1.99. The summed E-state index contributed by atoms with van der Waals surface area (Å²) in [5, 5.41) is 7.53. The quantitative estimate of drug-likeness (QED) is 0.860. The van der Waals surface area contributed by atoms with Crippen LogP contribution >= 0.6 is 0 Å². The van der Waals surface area contributed by atoms with Crippen LogP contribution in [0.3, 0.4) is 0 Å². The highest BCUT2D eigenvalue weighted by atomic mass is 16.2. The zero-order valence-electron chi connectivity index (χ0n) is 11.6. The Bertz CT molecular complexity index is 722. The van der Waals surface area contributed by atoms with Crippen LogP contribution in [0.5, 0.6) is 0 Å². The number of hydrogen-bond acceptors (Lipinski definition) is 3. The number of aromatic nitrogens is 2. The van der Waals surface area contributed by atoms with Crippen molar-refractivity contribution in [2.45, 2.75) is 26.3 Å². The number of nitrogens with one attached hydrogen (secondary N) is 1. The van der Waals surface area contributed by atoms with Crippen LogP contribution in [-0.4, -0.2) is 33.6 Å². The highest BCUT2D eigenvalue weighted by Crippen LogP contribution is 2.25. The molecular formula is C15H17N3O2. The van der Waals surface area contributed by atoms with Crippen molar-refractivity contribution in [2.24, 2.45) is 5.92 Å². The van der Waals surface area contributed by atoms with Crippen LogP contribution in [0.25, 0.3) is 10.8 Å². The Hall–Kier alpha value is -2.17. The van der Waals surface area contributed by atoms with Gasteiger partial charge in [0, 0.05) is 18.0 Å². The Labute approximate surface area is 116 Å². The second-order valence-corrected chi connectivity index (χ2v) is 5.59. The summed E-state index contributed by atoms with van der Waals surface area (Å²) in [4.78, 5) is 26.3. The number of carbonyl (C=O) groups is 1. The standard InChI is InChI=1S/C15H17N3O2/c1-9-7-10(2)18(8-9)15(20)13-11-5-3-4-6-12(11)14(19)17-16-13/h3-6,9-10H,7-8H2,1-2H3,(H,17,19). The Morgan fingerprint density at radius 3 is 2.65 bits per heavy atom.